The highest BCUT2D eigenvalue weighted by molar-refractivity contribution is 5.24. The first-order valence-corrected chi connectivity index (χ1v) is 7.34. The zero-order chi connectivity index (χ0) is 13.2. The first kappa shape index (κ1) is 13.6. The van der Waals surface area contributed by atoms with Crippen molar-refractivity contribution >= 4 is 0 Å². The summed E-state index contributed by atoms with van der Waals surface area (Å²) < 4.78 is 0. The third kappa shape index (κ3) is 2.21. The fourth-order valence-corrected chi connectivity index (χ4v) is 4.08. The molecule has 1 aliphatic rings. The van der Waals surface area contributed by atoms with Crippen molar-refractivity contribution in [2.45, 2.75) is 40.0 Å². The molecule has 1 aromatic carbocycles. The molecule has 0 amide bonds. The zero-order valence-electron chi connectivity index (χ0n) is 12.2. The minimum absolute atomic E-state index is 0.437. The Hall–Kier alpha value is -0.820. The van der Waals surface area contributed by atoms with Crippen LogP contribution in [-0.2, 0) is 0 Å². The highest BCUT2D eigenvalue weighted by Gasteiger charge is 2.45. The molecule has 0 aromatic heterocycles. The third-order valence-corrected chi connectivity index (χ3v) is 5.08. The number of benzene rings is 1. The van der Waals surface area contributed by atoms with E-state index >= 15 is 0 Å². The highest BCUT2D eigenvalue weighted by atomic mass is 14.9. The molecule has 1 nitrogen and oxygen atoms in total. The fourth-order valence-electron chi connectivity index (χ4n) is 4.08. The van der Waals surface area contributed by atoms with Gasteiger partial charge >= 0.3 is 0 Å². The normalized spacial score (nSPS) is 23.6. The van der Waals surface area contributed by atoms with Crippen molar-refractivity contribution in [3.63, 3.8) is 0 Å². The lowest BCUT2D eigenvalue weighted by Gasteiger charge is -2.51. The standard InChI is InChI=1S/C17H27N/c1-13(2)17(14(3)4)10-11-18-12-16(17)15-8-6-5-7-9-15/h5-9,13-14,16,18H,10-12H2,1-4H3. The molecule has 100 valence electrons. The summed E-state index contributed by atoms with van der Waals surface area (Å²) in [6.45, 7) is 11.9. The molecule has 1 heterocycles. The largest absolute Gasteiger partial charge is 0.316 e. The maximum atomic E-state index is 3.60. The molecule has 1 heteroatoms. The second-order valence-electron chi connectivity index (χ2n) is 6.34. The summed E-state index contributed by atoms with van der Waals surface area (Å²) in [6, 6.07) is 11.1. The van der Waals surface area contributed by atoms with Crippen molar-refractivity contribution in [2.75, 3.05) is 13.1 Å². The van der Waals surface area contributed by atoms with E-state index in [1.165, 1.54) is 18.5 Å². The first-order valence-electron chi connectivity index (χ1n) is 7.34. The van der Waals surface area contributed by atoms with Gasteiger partial charge in [0.2, 0.25) is 0 Å². The fraction of sp³-hybridized carbons (Fsp3) is 0.647. The predicted octanol–water partition coefficient (Wildman–Crippen LogP) is 4.06. The van der Waals surface area contributed by atoms with Gasteiger partial charge in [0.1, 0.15) is 0 Å². The summed E-state index contributed by atoms with van der Waals surface area (Å²) in [5.41, 5.74) is 1.94. The van der Waals surface area contributed by atoms with Crippen molar-refractivity contribution in [3.8, 4) is 0 Å². The molecular weight excluding hydrogens is 218 g/mol. The predicted molar refractivity (Wildman–Crippen MR) is 78.8 cm³/mol. The minimum Gasteiger partial charge on any atom is -0.316 e. The summed E-state index contributed by atoms with van der Waals surface area (Å²) in [5, 5.41) is 3.60. The van der Waals surface area contributed by atoms with Gasteiger partial charge in [-0.05, 0) is 35.8 Å². The van der Waals surface area contributed by atoms with Gasteiger partial charge in [0.25, 0.3) is 0 Å². The van der Waals surface area contributed by atoms with Crippen LogP contribution < -0.4 is 5.32 Å². The van der Waals surface area contributed by atoms with Gasteiger partial charge in [-0.2, -0.15) is 0 Å². The monoisotopic (exact) mass is 245 g/mol. The lowest BCUT2D eigenvalue weighted by molar-refractivity contribution is 0.0401. The molecule has 1 saturated heterocycles. The molecule has 0 spiro atoms. The average Bonchev–Trinajstić information content (AvgIpc) is 2.39. The molecule has 1 fully saturated rings. The Balaban J connectivity index is 2.41. The minimum atomic E-state index is 0.437. The van der Waals surface area contributed by atoms with E-state index in [1.54, 1.807) is 0 Å². The van der Waals surface area contributed by atoms with Crippen LogP contribution >= 0.6 is 0 Å². The molecular formula is C17H27N. The van der Waals surface area contributed by atoms with Crippen LogP contribution in [0.5, 0.6) is 0 Å². The Morgan fingerprint density at radius 2 is 1.67 bits per heavy atom. The van der Waals surface area contributed by atoms with Crippen LogP contribution in [0.1, 0.15) is 45.6 Å². The topological polar surface area (TPSA) is 12.0 Å². The number of hydrogen-bond acceptors (Lipinski definition) is 1. The van der Waals surface area contributed by atoms with Crippen LogP contribution in [0.3, 0.4) is 0 Å². The first-order chi connectivity index (χ1) is 8.59. The maximum absolute atomic E-state index is 3.60. The van der Waals surface area contributed by atoms with Crippen molar-refractivity contribution in [1.29, 1.82) is 0 Å². The smallest absolute Gasteiger partial charge is 0.00257 e. The van der Waals surface area contributed by atoms with E-state index in [9.17, 15) is 0 Å². The van der Waals surface area contributed by atoms with Crippen molar-refractivity contribution in [1.82, 2.24) is 5.32 Å². The second-order valence-corrected chi connectivity index (χ2v) is 6.34. The molecule has 0 aliphatic carbocycles. The molecule has 0 saturated carbocycles. The number of nitrogens with one attached hydrogen (secondary N) is 1. The Bertz CT molecular complexity index is 358. The van der Waals surface area contributed by atoms with Crippen LogP contribution in [0.15, 0.2) is 30.3 Å². The molecule has 1 N–H and O–H groups in total. The van der Waals surface area contributed by atoms with Crippen molar-refractivity contribution in [2.24, 2.45) is 17.3 Å². The van der Waals surface area contributed by atoms with E-state index in [0.29, 0.717) is 11.3 Å². The Morgan fingerprint density at radius 1 is 1.06 bits per heavy atom. The number of hydrogen-bond donors (Lipinski definition) is 1. The van der Waals surface area contributed by atoms with E-state index in [4.69, 9.17) is 0 Å². The SMILES string of the molecule is CC(C)C1(C(C)C)CCNCC1c1ccccc1. The van der Waals surface area contributed by atoms with Crippen LogP contribution in [0, 0.1) is 17.3 Å². The van der Waals surface area contributed by atoms with Gasteiger partial charge in [-0.25, -0.2) is 0 Å². The number of rotatable bonds is 3. The number of piperidine rings is 1. The zero-order valence-corrected chi connectivity index (χ0v) is 12.2. The molecule has 1 aromatic rings. The van der Waals surface area contributed by atoms with Gasteiger partial charge in [0.05, 0.1) is 0 Å². The average molecular weight is 245 g/mol. The van der Waals surface area contributed by atoms with Crippen LogP contribution in [0.4, 0.5) is 0 Å². The summed E-state index contributed by atoms with van der Waals surface area (Å²) in [7, 11) is 0. The van der Waals surface area contributed by atoms with Gasteiger partial charge in [0, 0.05) is 12.5 Å². The van der Waals surface area contributed by atoms with Gasteiger partial charge in [-0.3, -0.25) is 0 Å². The van der Waals surface area contributed by atoms with Crippen molar-refractivity contribution in [3.05, 3.63) is 35.9 Å². The quantitative estimate of drug-likeness (QED) is 0.846. The molecule has 0 radical (unpaired) electrons. The summed E-state index contributed by atoms with van der Waals surface area (Å²) in [4.78, 5) is 0. The second kappa shape index (κ2) is 5.44. The van der Waals surface area contributed by atoms with Gasteiger partial charge in [0.15, 0.2) is 0 Å². The highest BCUT2D eigenvalue weighted by Crippen LogP contribution is 2.51. The van der Waals surface area contributed by atoms with E-state index < -0.39 is 0 Å². The van der Waals surface area contributed by atoms with Crippen LogP contribution in [0.25, 0.3) is 0 Å². The van der Waals surface area contributed by atoms with Crippen molar-refractivity contribution < 1.29 is 0 Å². The van der Waals surface area contributed by atoms with Crippen LogP contribution in [-0.4, -0.2) is 13.1 Å². The van der Waals surface area contributed by atoms with Crippen LogP contribution in [0.2, 0.25) is 0 Å². The van der Waals surface area contributed by atoms with E-state index in [2.05, 4.69) is 63.3 Å². The maximum Gasteiger partial charge on any atom is 0.00257 e. The van der Waals surface area contributed by atoms with E-state index in [1.807, 2.05) is 0 Å². The Morgan fingerprint density at radius 3 is 2.22 bits per heavy atom. The summed E-state index contributed by atoms with van der Waals surface area (Å²) in [6.07, 6.45) is 1.29. The molecule has 1 aliphatic heterocycles. The van der Waals surface area contributed by atoms with Gasteiger partial charge in [-0.15, -0.1) is 0 Å². The van der Waals surface area contributed by atoms with E-state index in [0.717, 1.165) is 18.4 Å². The Kier molecular flexibility index (Phi) is 4.11. The molecule has 18 heavy (non-hydrogen) atoms. The van der Waals surface area contributed by atoms with Gasteiger partial charge in [-0.1, -0.05) is 58.0 Å². The summed E-state index contributed by atoms with van der Waals surface area (Å²) >= 11 is 0. The van der Waals surface area contributed by atoms with Gasteiger partial charge < -0.3 is 5.32 Å². The molecule has 0 bridgehead atoms. The molecule has 2 rings (SSSR count). The molecule has 1 atom stereocenters. The lowest BCUT2D eigenvalue weighted by Crippen LogP contribution is -2.49. The summed E-state index contributed by atoms with van der Waals surface area (Å²) in [5.74, 6) is 2.10. The van der Waals surface area contributed by atoms with E-state index in [-0.39, 0.29) is 0 Å². The molecule has 1 unspecified atom stereocenters. The lowest BCUT2D eigenvalue weighted by atomic mass is 9.56. The Labute approximate surface area is 112 Å². The third-order valence-electron chi connectivity index (χ3n) is 5.08.